The number of hydrogen-bond donors (Lipinski definition) is 0. The summed E-state index contributed by atoms with van der Waals surface area (Å²) in [5.41, 5.74) is 0.849. The monoisotopic (exact) mass is 176 g/mol. The van der Waals surface area contributed by atoms with Gasteiger partial charge in [0.2, 0.25) is 0 Å². The van der Waals surface area contributed by atoms with Crippen molar-refractivity contribution in [1.82, 2.24) is 0 Å². The Morgan fingerprint density at radius 1 is 1.38 bits per heavy atom. The Morgan fingerprint density at radius 2 is 2.15 bits per heavy atom. The third-order valence-corrected chi connectivity index (χ3v) is 1.80. The first-order chi connectivity index (χ1) is 6.18. The van der Waals surface area contributed by atoms with Crippen LogP contribution in [0.1, 0.15) is 15.9 Å². The molecule has 1 aromatic carbocycles. The van der Waals surface area contributed by atoms with Gasteiger partial charge in [0.15, 0.2) is 0 Å². The smallest absolute Gasteiger partial charge is 0.267 e. The highest BCUT2D eigenvalue weighted by atomic mass is 16.6. The molecule has 0 aliphatic carbocycles. The predicted octanol–water partition coefficient (Wildman–Crippen LogP) is 1.17. The van der Waals surface area contributed by atoms with E-state index in [0.29, 0.717) is 11.1 Å². The van der Waals surface area contributed by atoms with Crippen molar-refractivity contribution in [2.24, 2.45) is 4.99 Å². The Morgan fingerprint density at radius 3 is 2.85 bits per heavy atom. The van der Waals surface area contributed by atoms with Gasteiger partial charge in [0, 0.05) is 23.9 Å². The maximum absolute atomic E-state index is 11.0. The maximum Gasteiger partial charge on any atom is 0.277 e. The zero-order valence-electron chi connectivity index (χ0n) is 6.43. The van der Waals surface area contributed by atoms with Gasteiger partial charge in [-0.15, -0.1) is 0 Å². The van der Waals surface area contributed by atoms with E-state index in [1.54, 1.807) is 0 Å². The summed E-state index contributed by atoms with van der Waals surface area (Å²) >= 11 is 0. The van der Waals surface area contributed by atoms with E-state index >= 15 is 0 Å². The van der Waals surface area contributed by atoms with Crippen LogP contribution >= 0.6 is 0 Å². The fourth-order valence-corrected chi connectivity index (χ4v) is 1.15. The van der Waals surface area contributed by atoms with Gasteiger partial charge < -0.3 is 0 Å². The van der Waals surface area contributed by atoms with E-state index in [9.17, 15) is 14.9 Å². The SMILES string of the molecule is O=C1N=Cc2ccc([N+](=O)[O-])cc21. The lowest BCUT2D eigenvalue weighted by atomic mass is 10.1. The third-order valence-electron chi connectivity index (χ3n) is 1.80. The van der Waals surface area contributed by atoms with Gasteiger partial charge in [-0.25, -0.2) is 4.99 Å². The first kappa shape index (κ1) is 7.60. The summed E-state index contributed by atoms with van der Waals surface area (Å²) < 4.78 is 0. The van der Waals surface area contributed by atoms with Crippen molar-refractivity contribution in [3.63, 3.8) is 0 Å². The Bertz CT molecular complexity index is 437. The van der Waals surface area contributed by atoms with Crippen LogP contribution in [0.25, 0.3) is 0 Å². The van der Waals surface area contributed by atoms with Crippen molar-refractivity contribution < 1.29 is 9.72 Å². The van der Waals surface area contributed by atoms with Gasteiger partial charge in [-0.2, -0.15) is 0 Å². The zero-order valence-corrected chi connectivity index (χ0v) is 6.43. The van der Waals surface area contributed by atoms with E-state index in [4.69, 9.17) is 0 Å². The number of nitrogens with zero attached hydrogens (tertiary/aromatic N) is 2. The summed E-state index contributed by atoms with van der Waals surface area (Å²) in [6.45, 7) is 0. The minimum Gasteiger partial charge on any atom is -0.267 e. The summed E-state index contributed by atoms with van der Waals surface area (Å²) in [4.78, 5) is 24.4. The van der Waals surface area contributed by atoms with Crippen molar-refractivity contribution in [1.29, 1.82) is 0 Å². The van der Waals surface area contributed by atoms with Gasteiger partial charge in [-0.3, -0.25) is 14.9 Å². The minimum absolute atomic E-state index is 0.0856. The van der Waals surface area contributed by atoms with Gasteiger partial charge >= 0.3 is 0 Å². The van der Waals surface area contributed by atoms with Crippen LogP contribution in [-0.4, -0.2) is 17.0 Å². The molecule has 0 atom stereocenters. The van der Waals surface area contributed by atoms with Crippen LogP contribution in [0.15, 0.2) is 23.2 Å². The van der Waals surface area contributed by atoms with Crippen LogP contribution in [0.4, 0.5) is 5.69 Å². The molecule has 0 radical (unpaired) electrons. The molecule has 0 saturated heterocycles. The molecule has 2 rings (SSSR count). The van der Waals surface area contributed by atoms with Crippen molar-refractivity contribution in [2.75, 3.05) is 0 Å². The molecule has 5 nitrogen and oxygen atoms in total. The number of hydrogen-bond acceptors (Lipinski definition) is 3. The summed E-state index contributed by atoms with van der Waals surface area (Å²) in [5, 5.41) is 10.4. The molecule has 1 aromatic rings. The number of amides is 1. The summed E-state index contributed by atoms with van der Waals surface area (Å²) in [6.07, 6.45) is 1.40. The van der Waals surface area contributed by atoms with Crippen LogP contribution in [0, 0.1) is 10.1 Å². The van der Waals surface area contributed by atoms with Crippen molar-refractivity contribution in [3.05, 3.63) is 39.4 Å². The second-order valence-electron chi connectivity index (χ2n) is 2.59. The van der Waals surface area contributed by atoms with Crippen LogP contribution in [0.3, 0.4) is 0 Å². The van der Waals surface area contributed by atoms with E-state index in [-0.39, 0.29) is 5.69 Å². The largest absolute Gasteiger partial charge is 0.277 e. The number of nitro benzene ring substituents is 1. The molecule has 0 bridgehead atoms. The zero-order chi connectivity index (χ0) is 9.42. The summed E-state index contributed by atoms with van der Waals surface area (Å²) in [6, 6.07) is 4.11. The molecule has 0 N–H and O–H groups in total. The quantitative estimate of drug-likeness (QED) is 0.476. The minimum atomic E-state index is -0.536. The molecule has 0 fully saturated rings. The Hall–Kier alpha value is -2.04. The number of non-ortho nitro benzene ring substituents is 1. The second-order valence-corrected chi connectivity index (χ2v) is 2.59. The summed E-state index contributed by atoms with van der Waals surface area (Å²) in [5.74, 6) is -0.418. The highest BCUT2D eigenvalue weighted by Gasteiger charge is 2.18. The highest BCUT2D eigenvalue weighted by molar-refractivity contribution is 6.13. The number of rotatable bonds is 1. The molecule has 64 valence electrons. The normalized spacial score (nSPS) is 13.1. The van der Waals surface area contributed by atoms with Crippen LogP contribution < -0.4 is 0 Å². The standard InChI is InChI=1S/C8H4N2O3/c11-8-7-3-6(10(12)13)2-1-5(7)4-9-8/h1-4H. The number of carbonyl (C=O) groups is 1. The molecule has 0 aromatic heterocycles. The average molecular weight is 176 g/mol. The topological polar surface area (TPSA) is 72.6 Å². The number of nitro groups is 1. The second kappa shape index (κ2) is 2.48. The molecule has 5 heteroatoms. The fraction of sp³-hybridized carbons (Fsp3) is 0. The molecule has 13 heavy (non-hydrogen) atoms. The van der Waals surface area contributed by atoms with Crippen molar-refractivity contribution in [2.45, 2.75) is 0 Å². The Balaban J connectivity index is 2.57. The highest BCUT2D eigenvalue weighted by Crippen LogP contribution is 2.20. The number of benzene rings is 1. The molecule has 0 spiro atoms. The molecule has 1 heterocycles. The molecular formula is C8H4N2O3. The van der Waals surface area contributed by atoms with E-state index in [1.165, 1.54) is 24.4 Å². The van der Waals surface area contributed by atoms with Crippen LogP contribution in [0.5, 0.6) is 0 Å². The van der Waals surface area contributed by atoms with Crippen molar-refractivity contribution in [3.8, 4) is 0 Å². The average Bonchev–Trinajstić information content (AvgIpc) is 2.47. The van der Waals surface area contributed by atoms with Crippen LogP contribution in [0.2, 0.25) is 0 Å². The van der Waals surface area contributed by atoms with Gasteiger partial charge in [0.25, 0.3) is 11.6 Å². The van der Waals surface area contributed by atoms with Gasteiger partial charge in [0.1, 0.15) is 0 Å². The van der Waals surface area contributed by atoms with Crippen LogP contribution in [-0.2, 0) is 0 Å². The number of aliphatic imine (C=N–C) groups is 1. The lowest BCUT2D eigenvalue weighted by Crippen LogP contribution is -1.95. The van der Waals surface area contributed by atoms with Gasteiger partial charge in [-0.05, 0) is 6.07 Å². The molecular weight excluding hydrogens is 172 g/mol. The third kappa shape index (κ3) is 1.10. The Labute approximate surface area is 72.9 Å². The van der Waals surface area contributed by atoms with Gasteiger partial charge in [-0.1, -0.05) is 0 Å². The molecule has 1 aliphatic heterocycles. The lowest BCUT2D eigenvalue weighted by Gasteiger charge is -1.94. The van der Waals surface area contributed by atoms with E-state index in [2.05, 4.69) is 4.99 Å². The maximum atomic E-state index is 11.0. The first-order valence-corrected chi connectivity index (χ1v) is 3.55. The van der Waals surface area contributed by atoms with E-state index < -0.39 is 10.8 Å². The number of fused-ring (bicyclic) bond motifs is 1. The lowest BCUT2D eigenvalue weighted by molar-refractivity contribution is -0.384. The number of carbonyl (C=O) groups excluding carboxylic acids is 1. The molecule has 1 amide bonds. The predicted molar refractivity (Wildman–Crippen MR) is 45.0 cm³/mol. The molecule has 0 unspecified atom stereocenters. The first-order valence-electron chi connectivity index (χ1n) is 3.55. The van der Waals surface area contributed by atoms with E-state index in [0.717, 1.165) is 0 Å². The molecule has 0 saturated carbocycles. The fourth-order valence-electron chi connectivity index (χ4n) is 1.15. The van der Waals surface area contributed by atoms with Crippen molar-refractivity contribution >= 4 is 17.8 Å². The van der Waals surface area contributed by atoms with E-state index in [1.807, 2.05) is 0 Å². The Kier molecular flexibility index (Phi) is 1.45. The molecule has 1 aliphatic rings. The van der Waals surface area contributed by atoms with Gasteiger partial charge in [0.05, 0.1) is 10.5 Å². The summed E-state index contributed by atoms with van der Waals surface area (Å²) in [7, 11) is 0.